The van der Waals surface area contributed by atoms with Crippen molar-refractivity contribution in [2.24, 2.45) is 5.73 Å². The van der Waals surface area contributed by atoms with Crippen LogP contribution >= 0.6 is 0 Å². The number of rotatable bonds is 3. The van der Waals surface area contributed by atoms with Crippen LogP contribution in [0.3, 0.4) is 0 Å². The van der Waals surface area contributed by atoms with Gasteiger partial charge in [-0.2, -0.15) is 0 Å². The van der Waals surface area contributed by atoms with E-state index in [0.29, 0.717) is 12.3 Å². The van der Waals surface area contributed by atoms with Crippen molar-refractivity contribution in [3.05, 3.63) is 0 Å². The Morgan fingerprint density at radius 1 is 1.62 bits per heavy atom. The molecule has 1 unspecified atom stereocenters. The molecule has 0 bridgehead atoms. The lowest BCUT2D eigenvalue weighted by Gasteiger charge is -2.05. The Balaban J connectivity index is 3.33. The van der Waals surface area contributed by atoms with Crippen LogP contribution in [0.15, 0.2) is 0 Å². The van der Waals surface area contributed by atoms with E-state index in [9.17, 15) is 4.21 Å². The second-order valence-corrected chi connectivity index (χ2v) is 3.41. The van der Waals surface area contributed by atoms with Crippen LogP contribution in [-0.2, 0) is 11.0 Å². The van der Waals surface area contributed by atoms with Crippen LogP contribution in [0.4, 0.5) is 0 Å². The summed E-state index contributed by atoms with van der Waals surface area (Å²) in [6.45, 7) is 0.491. The molecule has 0 aliphatic rings. The average molecular weight is 136 g/mol. The zero-order valence-electron chi connectivity index (χ0n) is 5.26. The highest BCUT2D eigenvalue weighted by Crippen LogP contribution is 1.82. The second-order valence-electron chi connectivity index (χ2n) is 1.63. The predicted molar refractivity (Wildman–Crippen MR) is 35.8 cm³/mol. The Kier molecular flexibility index (Phi) is 4.03. The van der Waals surface area contributed by atoms with Crippen LogP contribution in [0, 0.1) is 0 Å². The zero-order valence-corrected chi connectivity index (χ0v) is 6.07. The lowest BCUT2D eigenvalue weighted by atomic mass is 10.8. The summed E-state index contributed by atoms with van der Waals surface area (Å²) < 4.78 is 12.3. The molecule has 2 N–H and O–H groups in total. The summed E-state index contributed by atoms with van der Waals surface area (Å²) in [6.07, 6.45) is 0. The van der Waals surface area contributed by atoms with Crippen molar-refractivity contribution < 1.29 is 4.21 Å². The predicted octanol–water partition coefficient (Wildman–Crippen LogP) is -0.830. The molecule has 0 spiro atoms. The number of hydrogen-bond acceptors (Lipinski definition) is 2. The summed E-state index contributed by atoms with van der Waals surface area (Å²) in [4.78, 5) is 0. The van der Waals surface area contributed by atoms with Crippen LogP contribution in [0.2, 0.25) is 0 Å². The van der Waals surface area contributed by atoms with Gasteiger partial charge in [-0.3, -0.25) is 0 Å². The molecule has 8 heavy (non-hydrogen) atoms. The van der Waals surface area contributed by atoms with Gasteiger partial charge in [0.2, 0.25) is 0 Å². The molecule has 0 aromatic heterocycles. The second kappa shape index (κ2) is 4.00. The monoisotopic (exact) mass is 136 g/mol. The van der Waals surface area contributed by atoms with Gasteiger partial charge in [0.15, 0.2) is 0 Å². The van der Waals surface area contributed by atoms with Gasteiger partial charge in [0.1, 0.15) is 0 Å². The Labute approximate surface area is 52.4 Å². The van der Waals surface area contributed by atoms with Crippen molar-refractivity contribution in [3.63, 3.8) is 0 Å². The fourth-order valence-electron chi connectivity index (χ4n) is 0.283. The lowest BCUT2D eigenvalue weighted by Crippen LogP contribution is -2.22. The summed E-state index contributed by atoms with van der Waals surface area (Å²) in [5.41, 5.74) is 5.15. The number of nitrogens with two attached hydrogens (primary N) is 1. The topological polar surface area (TPSA) is 46.3 Å². The van der Waals surface area contributed by atoms with Gasteiger partial charge in [-0.25, -0.2) is 8.51 Å². The van der Waals surface area contributed by atoms with Crippen molar-refractivity contribution in [1.29, 1.82) is 0 Å². The van der Waals surface area contributed by atoms with Crippen molar-refractivity contribution >= 4 is 11.0 Å². The smallest absolute Gasteiger partial charge is 0.0950 e. The van der Waals surface area contributed by atoms with Crippen molar-refractivity contribution in [1.82, 2.24) is 4.31 Å². The van der Waals surface area contributed by atoms with Crippen LogP contribution in [0.25, 0.3) is 0 Å². The molecule has 0 fully saturated rings. The summed E-state index contributed by atoms with van der Waals surface area (Å²) in [7, 11) is 2.68. The van der Waals surface area contributed by atoms with Gasteiger partial charge in [0.05, 0.1) is 16.7 Å². The van der Waals surface area contributed by atoms with Crippen molar-refractivity contribution in [3.8, 4) is 0 Å². The van der Waals surface area contributed by atoms with E-state index in [0.717, 1.165) is 0 Å². The van der Waals surface area contributed by atoms with E-state index >= 15 is 0 Å². The molecule has 0 aromatic carbocycles. The van der Waals surface area contributed by atoms with E-state index in [1.807, 2.05) is 0 Å². The quantitative estimate of drug-likeness (QED) is 0.550. The molecule has 0 saturated heterocycles. The highest BCUT2D eigenvalue weighted by molar-refractivity contribution is 7.82. The molecule has 0 aromatic rings. The summed E-state index contributed by atoms with van der Waals surface area (Å²) >= 11 is 0. The first kappa shape index (κ1) is 8.07. The summed E-state index contributed by atoms with van der Waals surface area (Å²) in [5.74, 6) is 0.562. The van der Waals surface area contributed by atoms with Gasteiger partial charge in [0.25, 0.3) is 0 Å². The third kappa shape index (κ3) is 3.12. The molecule has 0 heterocycles. The molecule has 4 heteroatoms. The zero-order chi connectivity index (χ0) is 6.57. The number of nitrogens with zero attached hydrogens (tertiary/aromatic N) is 1. The maximum Gasteiger partial charge on any atom is 0.0950 e. The third-order valence-corrected chi connectivity index (χ3v) is 2.10. The van der Waals surface area contributed by atoms with E-state index in [2.05, 4.69) is 0 Å². The first-order valence-electron chi connectivity index (χ1n) is 2.44. The number of hydrogen-bond donors (Lipinski definition) is 1. The van der Waals surface area contributed by atoms with E-state index in [-0.39, 0.29) is 0 Å². The molecular formula is C4H12N2OS. The van der Waals surface area contributed by atoms with Gasteiger partial charge in [0, 0.05) is 6.54 Å². The molecule has 0 aliphatic heterocycles. The standard InChI is InChI=1S/C4H12N2OS/c1-6(2)8(7)4-3-5/h3-5H2,1-2H3. The summed E-state index contributed by atoms with van der Waals surface area (Å²) in [5, 5.41) is 0. The van der Waals surface area contributed by atoms with Crippen molar-refractivity contribution in [2.45, 2.75) is 0 Å². The van der Waals surface area contributed by atoms with Gasteiger partial charge in [-0.05, 0) is 14.1 Å². The maximum absolute atomic E-state index is 10.7. The maximum atomic E-state index is 10.7. The highest BCUT2D eigenvalue weighted by atomic mass is 32.2. The largest absolute Gasteiger partial charge is 0.330 e. The van der Waals surface area contributed by atoms with Gasteiger partial charge < -0.3 is 5.73 Å². The first-order chi connectivity index (χ1) is 3.68. The minimum absolute atomic E-state index is 0.491. The molecule has 1 atom stereocenters. The fourth-order valence-corrected chi connectivity index (χ4v) is 0.850. The molecular weight excluding hydrogens is 124 g/mol. The van der Waals surface area contributed by atoms with Crippen LogP contribution < -0.4 is 5.73 Å². The van der Waals surface area contributed by atoms with Gasteiger partial charge in [-0.1, -0.05) is 0 Å². The SMILES string of the molecule is CN(C)S(=O)CCN. The Hall–Kier alpha value is 0.0700. The molecule has 0 amide bonds. The molecule has 3 nitrogen and oxygen atoms in total. The van der Waals surface area contributed by atoms with Crippen LogP contribution in [0.5, 0.6) is 0 Å². The van der Waals surface area contributed by atoms with E-state index < -0.39 is 11.0 Å². The van der Waals surface area contributed by atoms with Crippen LogP contribution in [0.1, 0.15) is 0 Å². The minimum atomic E-state index is -0.863. The van der Waals surface area contributed by atoms with E-state index in [1.54, 1.807) is 18.4 Å². The average Bonchev–Trinajstić information content (AvgIpc) is 1.67. The third-order valence-electron chi connectivity index (χ3n) is 0.700. The Morgan fingerprint density at radius 2 is 2.12 bits per heavy atom. The summed E-state index contributed by atoms with van der Waals surface area (Å²) in [6, 6.07) is 0. The fraction of sp³-hybridized carbons (Fsp3) is 1.00. The first-order valence-corrected chi connectivity index (χ1v) is 3.72. The lowest BCUT2D eigenvalue weighted by molar-refractivity contribution is 0.602. The normalized spacial score (nSPS) is 14.5. The highest BCUT2D eigenvalue weighted by Gasteiger charge is 1.97. The minimum Gasteiger partial charge on any atom is -0.330 e. The molecule has 50 valence electrons. The molecule has 0 aliphatic carbocycles. The molecule has 0 radical (unpaired) electrons. The molecule has 0 saturated carbocycles. The van der Waals surface area contributed by atoms with Crippen LogP contribution in [-0.4, -0.2) is 34.9 Å². The Bertz CT molecular complexity index is 84.1. The van der Waals surface area contributed by atoms with Crippen molar-refractivity contribution in [2.75, 3.05) is 26.4 Å². The van der Waals surface area contributed by atoms with Gasteiger partial charge >= 0.3 is 0 Å². The molecule has 0 rings (SSSR count). The van der Waals surface area contributed by atoms with Gasteiger partial charge in [-0.15, -0.1) is 0 Å². The Morgan fingerprint density at radius 3 is 2.25 bits per heavy atom. The van der Waals surface area contributed by atoms with E-state index in [4.69, 9.17) is 5.73 Å². The van der Waals surface area contributed by atoms with E-state index in [1.165, 1.54) is 0 Å².